The molecule has 1 aliphatic heterocycles. The molecule has 3 N–H and O–H groups in total. The zero-order valence-corrected chi connectivity index (χ0v) is 22.6. The Bertz CT molecular complexity index is 1530. The van der Waals surface area contributed by atoms with E-state index in [9.17, 15) is 14.7 Å². The molecule has 5 rings (SSSR count). The van der Waals surface area contributed by atoms with E-state index in [1.54, 1.807) is 31.7 Å². The summed E-state index contributed by atoms with van der Waals surface area (Å²) in [5, 5.41) is 9.98. The zero-order chi connectivity index (χ0) is 27.7. The van der Waals surface area contributed by atoms with Gasteiger partial charge in [0.05, 0.1) is 22.7 Å². The lowest BCUT2D eigenvalue weighted by Crippen LogP contribution is -2.43. The number of carbonyl (C=O) groups is 2. The highest BCUT2D eigenvalue weighted by atomic mass is 32.1. The van der Waals surface area contributed by atoms with Crippen LogP contribution in [0.25, 0.3) is 32.6 Å². The Hall–Kier alpha value is -4.39. The molecule has 13 heteroatoms. The number of piperidine rings is 1. The van der Waals surface area contributed by atoms with Gasteiger partial charge in [0.15, 0.2) is 5.13 Å². The molecule has 1 fully saturated rings. The van der Waals surface area contributed by atoms with Crippen molar-refractivity contribution in [3.8, 4) is 28.3 Å². The summed E-state index contributed by atoms with van der Waals surface area (Å²) in [6.07, 6.45) is 7.67. The molecule has 4 heterocycles. The molecule has 0 aliphatic carbocycles. The van der Waals surface area contributed by atoms with E-state index in [-0.39, 0.29) is 0 Å². The second-order valence-electron chi connectivity index (χ2n) is 9.49. The van der Waals surface area contributed by atoms with Gasteiger partial charge in [-0.2, -0.15) is 0 Å². The topological polar surface area (TPSA) is 161 Å². The summed E-state index contributed by atoms with van der Waals surface area (Å²) in [6.45, 7) is 5.13. The predicted molar refractivity (Wildman–Crippen MR) is 148 cm³/mol. The minimum atomic E-state index is -0.771. The van der Waals surface area contributed by atoms with E-state index in [1.807, 2.05) is 24.0 Å². The van der Waals surface area contributed by atoms with E-state index in [0.717, 1.165) is 21.4 Å². The summed E-state index contributed by atoms with van der Waals surface area (Å²) < 4.78 is 6.28. The number of fused-ring (bicyclic) bond motifs is 1. The van der Waals surface area contributed by atoms with E-state index in [4.69, 9.17) is 15.5 Å². The van der Waals surface area contributed by atoms with E-state index < -0.39 is 17.4 Å². The zero-order valence-electron chi connectivity index (χ0n) is 21.8. The van der Waals surface area contributed by atoms with Crippen LogP contribution in [0.2, 0.25) is 0 Å². The fourth-order valence-electron chi connectivity index (χ4n) is 4.57. The summed E-state index contributed by atoms with van der Waals surface area (Å²) in [5.74, 6) is 0.143. The molecule has 0 bridgehead atoms. The van der Waals surface area contributed by atoms with E-state index >= 15 is 0 Å². The quantitative estimate of drug-likeness (QED) is 0.347. The van der Waals surface area contributed by atoms with Gasteiger partial charge in [0.25, 0.3) is 0 Å². The summed E-state index contributed by atoms with van der Waals surface area (Å²) in [6, 6.07) is 3.28. The van der Waals surface area contributed by atoms with Crippen LogP contribution < -0.4 is 20.3 Å². The number of rotatable bonds is 7. The molecule has 202 valence electrons. The number of benzene rings is 1. The summed E-state index contributed by atoms with van der Waals surface area (Å²) in [4.78, 5) is 49.7. The van der Waals surface area contributed by atoms with Crippen LogP contribution in [0.3, 0.4) is 0 Å². The van der Waals surface area contributed by atoms with Gasteiger partial charge >= 0.3 is 12.0 Å². The van der Waals surface area contributed by atoms with Crippen LogP contribution in [-0.2, 0) is 4.79 Å². The molecule has 39 heavy (non-hydrogen) atoms. The molecule has 1 aliphatic rings. The van der Waals surface area contributed by atoms with Crippen molar-refractivity contribution < 1.29 is 19.4 Å². The fraction of sp³-hybridized carbons (Fsp3) is 0.346. The monoisotopic (exact) mass is 548 g/mol. The molecule has 1 aromatic carbocycles. The van der Waals surface area contributed by atoms with Crippen LogP contribution >= 0.6 is 11.3 Å². The lowest BCUT2D eigenvalue weighted by Gasteiger charge is -2.36. The number of urea groups is 1. The van der Waals surface area contributed by atoms with Gasteiger partial charge in [0.2, 0.25) is 11.8 Å². The summed E-state index contributed by atoms with van der Waals surface area (Å²) >= 11 is 1.34. The number of thiazole rings is 1. The molecule has 0 atom stereocenters. The number of aromatic nitrogens is 5. The molecule has 1 saturated heterocycles. The lowest BCUT2D eigenvalue weighted by molar-refractivity contribution is -0.149. The van der Waals surface area contributed by atoms with E-state index in [2.05, 4.69) is 19.9 Å². The van der Waals surface area contributed by atoms with Crippen LogP contribution in [0.4, 0.5) is 15.9 Å². The molecule has 0 spiro atoms. The number of amides is 2. The highest BCUT2D eigenvalue weighted by Crippen LogP contribution is 2.41. The summed E-state index contributed by atoms with van der Waals surface area (Å²) in [5.41, 5.74) is 8.35. The second-order valence-corrected chi connectivity index (χ2v) is 10.5. The van der Waals surface area contributed by atoms with Crippen LogP contribution in [-0.4, -0.2) is 68.8 Å². The number of hydrogen-bond acceptors (Lipinski definition) is 10. The van der Waals surface area contributed by atoms with E-state index in [0.29, 0.717) is 60.6 Å². The molecule has 0 unspecified atom stereocenters. The van der Waals surface area contributed by atoms with Crippen molar-refractivity contribution in [3.05, 3.63) is 36.9 Å². The van der Waals surface area contributed by atoms with Gasteiger partial charge in [0.1, 0.15) is 5.69 Å². The number of primary amides is 1. The van der Waals surface area contributed by atoms with Crippen LogP contribution in [0.5, 0.6) is 5.88 Å². The van der Waals surface area contributed by atoms with Crippen LogP contribution in [0.1, 0.15) is 26.7 Å². The van der Waals surface area contributed by atoms with Crippen molar-refractivity contribution in [2.75, 3.05) is 36.5 Å². The number of aliphatic carboxylic acids is 1. The normalized spacial score (nSPS) is 14.8. The number of anilines is 2. The first-order valence-corrected chi connectivity index (χ1v) is 13.2. The van der Waals surface area contributed by atoms with Crippen LogP contribution in [0.15, 0.2) is 36.9 Å². The Labute approximate surface area is 228 Å². The van der Waals surface area contributed by atoms with Crippen LogP contribution in [0, 0.1) is 5.41 Å². The van der Waals surface area contributed by atoms with Gasteiger partial charge < -0.3 is 20.5 Å². The molecule has 12 nitrogen and oxygen atoms in total. The van der Waals surface area contributed by atoms with Gasteiger partial charge in [-0.15, -0.1) is 0 Å². The number of carboxylic acids is 1. The molecule has 4 aromatic rings. The van der Waals surface area contributed by atoms with Gasteiger partial charge in [-0.25, -0.2) is 29.7 Å². The Morgan fingerprint density at radius 2 is 1.82 bits per heavy atom. The van der Waals surface area contributed by atoms with Gasteiger partial charge in [-0.1, -0.05) is 11.3 Å². The predicted octanol–water partition coefficient (Wildman–Crippen LogP) is 3.82. The maximum atomic E-state index is 12.0. The Morgan fingerprint density at radius 1 is 1.13 bits per heavy atom. The third-order valence-electron chi connectivity index (χ3n) is 7.04. The molecule has 0 radical (unpaired) electrons. The minimum absolute atomic E-state index is 0.359. The second kappa shape index (κ2) is 10.4. The third-order valence-corrected chi connectivity index (χ3v) is 8.17. The average molecular weight is 549 g/mol. The highest BCUT2D eigenvalue weighted by molar-refractivity contribution is 7.23. The third kappa shape index (κ3) is 4.92. The molecule has 2 amide bonds. The van der Waals surface area contributed by atoms with Crippen molar-refractivity contribution in [1.82, 2.24) is 24.9 Å². The molecular formula is C26H28N8O4S. The first-order valence-electron chi connectivity index (χ1n) is 12.4. The standard InChI is InChI=1S/C26H28N8O4S/c1-4-34(23(27)37)25-32-18-12-15(11-17(20(18)39-25)19-21(38-3)29-8-7-28-19)16-13-30-24(31-14-16)33-9-5-26(2,6-10-33)22(35)36/h7-8,11-14H,4-6,9-10H2,1-3H3,(H2,27,37)(H,35,36). The first kappa shape index (κ1) is 26.2. The van der Waals surface area contributed by atoms with Crippen molar-refractivity contribution in [3.63, 3.8) is 0 Å². The maximum Gasteiger partial charge on any atom is 0.321 e. The maximum absolute atomic E-state index is 12.0. The summed E-state index contributed by atoms with van der Waals surface area (Å²) in [7, 11) is 1.53. The minimum Gasteiger partial charge on any atom is -0.481 e. The van der Waals surface area contributed by atoms with Crippen molar-refractivity contribution in [2.24, 2.45) is 11.1 Å². The Morgan fingerprint density at radius 3 is 2.44 bits per heavy atom. The number of hydrogen-bond donors (Lipinski definition) is 2. The smallest absolute Gasteiger partial charge is 0.321 e. The van der Waals surface area contributed by atoms with Crippen molar-refractivity contribution in [2.45, 2.75) is 26.7 Å². The first-order chi connectivity index (χ1) is 18.7. The van der Waals surface area contributed by atoms with Gasteiger partial charge in [-0.3, -0.25) is 9.69 Å². The number of nitrogens with two attached hydrogens (primary N) is 1. The SMILES string of the molecule is CCN(C(N)=O)c1nc2cc(-c3cnc(N4CCC(C)(C(=O)O)CC4)nc3)cc(-c3nccnc3OC)c2s1. The largest absolute Gasteiger partial charge is 0.481 e. The molecular weight excluding hydrogens is 520 g/mol. The van der Waals surface area contributed by atoms with Gasteiger partial charge in [-0.05, 0) is 44.4 Å². The average Bonchev–Trinajstić information content (AvgIpc) is 3.37. The van der Waals surface area contributed by atoms with E-state index in [1.165, 1.54) is 23.3 Å². The Kier molecular flexibility index (Phi) is 7.00. The van der Waals surface area contributed by atoms with Crippen molar-refractivity contribution >= 4 is 44.6 Å². The molecule has 0 saturated carbocycles. The number of carbonyl (C=O) groups excluding carboxylic acids is 1. The lowest BCUT2D eigenvalue weighted by atomic mass is 9.80. The highest BCUT2D eigenvalue weighted by Gasteiger charge is 2.37. The Balaban J connectivity index is 1.54. The van der Waals surface area contributed by atoms with Gasteiger partial charge in [0, 0.05) is 55.5 Å². The number of methoxy groups -OCH3 is 1. The fourth-order valence-corrected chi connectivity index (χ4v) is 5.70. The number of ether oxygens (including phenoxy) is 1. The number of carboxylic acid groups (broad SMARTS) is 1. The number of nitrogens with zero attached hydrogens (tertiary/aromatic N) is 7. The van der Waals surface area contributed by atoms with Crippen molar-refractivity contribution in [1.29, 1.82) is 0 Å². The molecule has 3 aromatic heterocycles.